The van der Waals surface area contributed by atoms with Gasteiger partial charge >= 0.3 is 6.03 Å². The van der Waals surface area contributed by atoms with Crippen LogP contribution in [0.2, 0.25) is 0 Å². The number of nitrogens with zero attached hydrogens (tertiary/aromatic N) is 1. The van der Waals surface area contributed by atoms with Crippen molar-refractivity contribution in [2.45, 2.75) is 37.8 Å². The molecule has 1 aromatic carbocycles. The Balaban J connectivity index is 1.89. The fourth-order valence-corrected chi connectivity index (χ4v) is 3.10. The molecule has 1 spiro atoms. The maximum atomic E-state index is 13.2. The van der Waals surface area contributed by atoms with Crippen molar-refractivity contribution in [3.8, 4) is 0 Å². The summed E-state index contributed by atoms with van der Waals surface area (Å²) in [6.07, 6.45) is 3.01. The smallest absolute Gasteiger partial charge is 0.305 e. The predicted molar refractivity (Wildman–Crippen MR) is 66.6 cm³/mol. The number of hydrogen-bond acceptors (Lipinski definition) is 2. The molecule has 0 bridgehead atoms. The Morgan fingerprint density at radius 1 is 1.15 bits per heavy atom. The lowest BCUT2D eigenvalue weighted by atomic mass is 9.95. The van der Waals surface area contributed by atoms with Crippen LogP contribution < -0.4 is 5.32 Å². The van der Waals surface area contributed by atoms with E-state index in [1.54, 1.807) is 0 Å². The molecule has 1 saturated carbocycles. The standard InChI is InChI=1S/C14H14F2N2O2/c15-10-4-3-9(7-11(10)16)8-18-13(20)17-12(19)14(18)5-1-2-6-14/h3-4,7H,1-2,5-6,8H2,(H,17,19,20). The van der Waals surface area contributed by atoms with Crippen LogP contribution in [0.3, 0.4) is 0 Å². The second-order valence-electron chi connectivity index (χ2n) is 5.33. The van der Waals surface area contributed by atoms with Gasteiger partial charge in [0.15, 0.2) is 11.6 Å². The molecule has 3 rings (SSSR count). The first kappa shape index (κ1) is 13.0. The van der Waals surface area contributed by atoms with E-state index in [9.17, 15) is 18.4 Å². The van der Waals surface area contributed by atoms with Gasteiger partial charge in [-0.1, -0.05) is 18.9 Å². The van der Waals surface area contributed by atoms with Crippen LogP contribution in [0.5, 0.6) is 0 Å². The molecular weight excluding hydrogens is 266 g/mol. The summed E-state index contributed by atoms with van der Waals surface area (Å²) in [6.45, 7) is 0.106. The third kappa shape index (κ3) is 1.87. The lowest BCUT2D eigenvalue weighted by molar-refractivity contribution is -0.126. The number of rotatable bonds is 2. The summed E-state index contributed by atoms with van der Waals surface area (Å²) in [5.41, 5.74) is -0.331. The summed E-state index contributed by atoms with van der Waals surface area (Å²) in [6, 6.07) is 3.06. The van der Waals surface area contributed by atoms with E-state index in [2.05, 4.69) is 5.32 Å². The fourth-order valence-electron chi connectivity index (χ4n) is 3.10. The Morgan fingerprint density at radius 2 is 1.85 bits per heavy atom. The van der Waals surface area contributed by atoms with E-state index in [-0.39, 0.29) is 12.5 Å². The van der Waals surface area contributed by atoms with E-state index in [1.807, 2.05) is 0 Å². The summed E-state index contributed by atoms with van der Waals surface area (Å²) in [5, 5.41) is 2.33. The summed E-state index contributed by atoms with van der Waals surface area (Å²) in [7, 11) is 0. The van der Waals surface area contributed by atoms with Crippen molar-refractivity contribution in [1.82, 2.24) is 10.2 Å². The van der Waals surface area contributed by atoms with Gasteiger partial charge < -0.3 is 4.90 Å². The number of carbonyl (C=O) groups excluding carboxylic acids is 2. The maximum Gasteiger partial charge on any atom is 0.325 e. The van der Waals surface area contributed by atoms with Gasteiger partial charge in [0.1, 0.15) is 5.54 Å². The zero-order valence-corrected chi connectivity index (χ0v) is 10.8. The van der Waals surface area contributed by atoms with Gasteiger partial charge in [-0.2, -0.15) is 0 Å². The summed E-state index contributed by atoms with van der Waals surface area (Å²) < 4.78 is 26.2. The molecule has 2 fully saturated rings. The van der Waals surface area contributed by atoms with Gasteiger partial charge in [-0.05, 0) is 30.5 Å². The Bertz CT molecular complexity index is 583. The van der Waals surface area contributed by atoms with E-state index < -0.39 is 23.2 Å². The zero-order chi connectivity index (χ0) is 14.3. The molecule has 0 radical (unpaired) electrons. The number of urea groups is 1. The molecule has 4 nitrogen and oxygen atoms in total. The Morgan fingerprint density at radius 3 is 2.50 bits per heavy atom. The molecule has 0 aromatic heterocycles. The van der Waals surface area contributed by atoms with Crippen molar-refractivity contribution in [2.75, 3.05) is 0 Å². The molecule has 3 amide bonds. The average molecular weight is 280 g/mol. The molecule has 0 unspecified atom stereocenters. The predicted octanol–water partition coefficient (Wildman–Crippen LogP) is 2.33. The minimum absolute atomic E-state index is 0.106. The monoisotopic (exact) mass is 280 g/mol. The molecule has 6 heteroatoms. The van der Waals surface area contributed by atoms with E-state index in [0.717, 1.165) is 25.0 Å². The topological polar surface area (TPSA) is 49.4 Å². The van der Waals surface area contributed by atoms with Crippen molar-refractivity contribution >= 4 is 11.9 Å². The Labute approximate surface area is 114 Å². The minimum Gasteiger partial charge on any atom is -0.305 e. The second-order valence-corrected chi connectivity index (χ2v) is 5.33. The van der Waals surface area contributed by atoms with Crippen molar-refractivity contribution in [1.29, 1.82) is 0 Å². The highest BCUT2D eigenvalue weighted by molar-refractivity contribution is 6.07. The summed E-state index contributed by atoms with van der Waals surface area (Å²) in [4.78, 5) is 25.4. The Kier molecular flexibility index (Phi) is 2.96. The Hall–Kier alpha value is -1.98. The van der Waals surface area contributed by atoms with Crippen LogP contribution >= 0.6 is 0 Å². The quantitative estimate of drug-likeness (QED) is 0.845. The highest BCUT2D eigenvalue weighted by Gasteiger charge is 2.53. The number of halogens is 2. The number of hydrogen-bond donors (Lipinski definition) is 1. The van der Waals surface area contributed by atoms with Crippen molar-refractivity contribution < 1.29 is 18.4 Å². The van der Waals surface area contributed by atoms with Crippen molar-refractivity contribution in [3.05, 3.63) is 35.4 Å². The highest BCUT2D eigenvalue weighted by atomic mass is 19.2. The van der Waals surface area contributed by atoms with Crippen LogP contribution in [0.15, 0.2) is 18.2 Å². The molecule has 106 valence electrons. The average Bonchev–Trinajstić information content (AvgIpc) is 2.97. The number of carbonyl (C=O) groups is 2. The molecule has 2 aliphatic rings. The lowest BCUT2D eigenvalue weighted by Gasteiger charge is -2.31. The number of benzene rings is 1. The van der Waals surface area contributed by atoms with Gasteiger partial charge in [-0.25, -0.2) is 13.6 Å². The molecule has 20 heavy (non-hydrogen) atoms. The zero-order valence-electron chi connectivity index (χ0n) is 10.8. The van der Waals surface area contributed by atoms with E-state index in [0.29, 0.717) is 18.4 Å². The first-order valence-electron chi connectivity index (χ1n) is 6.60. The maximum absolute atomic E-state index is 13.2. The van der Waals surface area contributed by atoms with Crippen LogP contribution in [-0.4, -0.2) is 22.4 Å². The molecule has 1 aliphatic heterocycles. The first-order valence-corrected chi connectivity index (χ1v) is 6.60. The number of imide groups is 1. The fraction of sp³-hybridized carbons (Fsp3) is 0.429. The van der Waals surface area contributed by atoms with Crippen LogP contribution in [0, 0.1) is 11.6 Å². The van der Waals surface area contributed by atoms with Crippen molar-refractivity contribution in [3.63, 3.8) is 0 Å². The van der Waals surface area contributed by atoms with Crippen molar-refractivity contribution in [2.24, 2.45) is 0 Å². The minimum atomic E-state index is -0.950. The van der Waals surface area contributed by atoms with Crippen LogP contribution in [-0.2, 0) is 11.3 Å². The van der Waals surface area contributed by atoms with Crippen LogP contribution in [0.4, 0.5) is 13.6 Å². The van der Waals surface area contributed by atoms with Gasteiger partial charge in [0, 0.05) is 6.54 Å². The molecule has 1 aromatic rings. The third-order valence-electron chi connectivity index (χ3n) is 4.16. The largest absolute Gasteiger partial charge is 0.325 e. The van der Waals surface area contributed by atoms with Crippen LogP contribution in [0.25, 0.3) is 0 Å². The van der Waals surface area contributed by atoms with Gasteiger partial charge in [0.05, 0.1) is 0 Å². The molecule has 1 heterocycles. The van der Waals surface area contributed by atoms with Gasteiger partial charge in [0.25, 0.3) is 5.91 Å². The van der Waals surface area contributed by atoms with Gasteiger partial charge in [0.2, 0.25) is 0 Å². The SMILES string of the molecule is O=C1NC(=O)C2(CCCC2)N1Cc1ccc(F)c(F)c1. The van der Waals surface area contributed by atoms with Gasteiger partial charge in [-0.3, -0.25) is 10.1 Å². The third-order valence-corrected chi connectivity index (χ3v) is 4.16. The van der Waals surface area contributed by atoms with Gasteiger partial charge in [-0.15, -0.1) is 0 Å². The molecule has 1 aliphatic carbocycles. The normalized spacial score (nSPS) is 20.8. The molecule has 1 N–H and O–H groups in total. The lowest BCUT2D eigenvalue weighted by Crippen LogP contribution is -2.46. The molecule has 1 saturated heterocycles. The summed E-state index contributed by atoms with van der Waals surface area (Å²) in [5.74, 6) is -2.15. The number of nitrogens with one attached hydrogen (secondary N) is 1. The van der Waals surface area contributed by atoms with E-state index in [4.69, 9.17) is 0 Å². The van der Waals surface area contributed by atoms with E-state index in [1.165, 1.54) is 11.0 Å². The molecular formula is C14H14F2N2O2. The first-order chi connectivity index (χ1) is 9.53. The summed E-state index contributed by atoms with van der Waals surface area (Å²) >= 11 is 0. The second kappa shape index (κ2) is 4.54. The highest BCUT2D eigenvalue weighted by Crippen LogP contribution is 2.39. The molecule has 0 atom stereocenters. The van der Waals surface area contributed by atoms with Crippen LogP contribution in [0.1, 0.15) is 31.2 Å². The number of amides is 3. The van der Waals surface area contributed by atoms with E-state index >= 15 is 0 Å².